The van der Waals surface area contributed by atoms with E-state index in [9.17, 15) is 4.79 Å². The van der Waals surface area contributed by atoms with Crippen LogP contribution in [0.5, 0.6) is 0 Å². The molecule has 0 spiro atoms. The number of aryl methyl sites for hydroxylation is 1. The molecule has 2 aromatic rings. The van der Waals surface area contributed by atoms with Crippen LogP contribution in [0.3, 0.4) is 0 Å². The molecule has 2 rings (SSSR count). The predicted molar refractivity (Wildman–Crippen MR) is 94.5 cm³/mol. The van der Waals surface area contributed by atoms with Crippen LogP contribution in [-0.2, 0) is 4.79 Å². The van der Waals surface area contributed by atoms with Gasteiger partial charge in [-0.3, -0.25) is 4.79 Å². The zero-order valence-electron chi connectivity index (χ0n) is 14.5. The number of hydrogen-bond donors (Lipinski definition) is 1. The summed E-state index contributed by atoms with van der Waals surface area (Å²) in [5.74, 6) is 0.342. The first-order valence-electron chi connectivity index (χ1n) is 8.00. The van der Waals surface area contributed by atoms with Crippen LogP contribution in [0.1, 0.15) is 37.7 Å². The van der Waals surface area contributed by atoms with Crippen molar-refractivity contribution in [2.75, 3.05) is 0 Å². The van der Waals surface area contributed by atoms with E-state index in [1.165, 1.54) is 0 Å². The van der Waals surface area contributed by atoms with Crippen LogP contribution >= 0.6 is 0 Å². The van der Waals surface area contributed by atoms with Gasteiger partial charge in [-0.1, -0.05) is 32.0 Å². The highest BCUT2D eigenvalue weighted by atomic mass is 16.1. The van der Waals surface area contributed by atoms with Crippen LogP contribution in [0.2, 0.25) is 0 Å². The minimum Gasteiger partial charge on any atom is -0.350 e. The predicted octanol–water partition coefficient (Wildman–Crippen LogP) is 3.66. The van der Waals surface area contributed by atoms with E-state index in [4.69, 9.17) is 0 Å². The van der Waals surface area contributed by atoms with E-state index in [1.54, 1.807) is 6.08 Å². The molecule has 0 saturated carbocycles. The van der Waals surface area contributed by atoms with Crippen molar-refractivity contribution >= 4 is 12.0 Å². The summed E-state index contributed by atoms with van der Waals surface area (Å²) in [5, 5.41) is 7.56. The molecule has 0 saturated heterocycles. The lowest BCUT2D eigenvalue weighted by atomic mass is 10.1. The van der Waals surface area contributed by atoms with Crippen molar-refractivity contribution in [2.45, 2.75) is 40.7 Å². The van der Waals surface area contributed by atoms with Gasteiger partial charge in [-0.25, -0.2) is 4.68 Å². The molecule has 0 aliphatic carbocycles. The van der Waals surface area contributed by atoms with Crippen LogP contribution in [0.15, 0.2) is 36.4 Å². The molecule has 122 valence electrons. The maximum absolute atomic E-state index is 12.0. The van der Waals surface area contributed by atoms with E-state index < -0.39 is 0 Å². The minimum absolute atomic E-state index is 0.0718. The third-order valence-corrected chi connectivity index (χ3v) is 4.12. The fourth-order valence-corrected chi connectivity index (χ4v) is 2.31. The summed E-state index contributed by atoms with van der Waals surface area (Å²) in [6.07, 6.45) is 3.44. The van der Waals surface area contributed by atoms with Crippen LogP contribution in [-0.4, -0.2) is 21.7 Å². The number of benzene rings is 1. The van der Waals surface area contributed by atoms with E-state index >= 15 is 0 Å². The first-order chi connectivity index (χ1) is 10.9. The van der Waals surface area contributed by atoms with Crippen LogP contribution in [0.25, 0.3) is 11.8 Å². The summed E-state index contributed by atoms with van der Waals surface area (Å²) in [5.41, 5.74) is 3.94. The van der Waals surface area contributed by atoms with Crippen LogP contribution < -0.4 is 5.32 Å². The van der Waals surface area contributed by atoms with Gasteiger partial charge < -0.3 is 5.32 Å². The minimum atomic E-state index is -0.0718. The molecular formula is C19H25N3O. The second-order valence-corrected chi connectivity index (χ2v) is 6.21. The van der Waals surface area contributed by atoms with Crippen molar-refractivity contribution in [3.63, 3.8) is 0 Å². The number of para-hydroxylation sites is 1. The van der Waals surface area contributed by atoms with Gasteiger partial charge in [0.2, 0.25) is 5.91 Å². The van der Waals surface area contributed by atoms with Gasteiger partial charge >= 0.3 is 0 Å². The van der Waals surface area contributed by atoms with Crippen molar-refractivity contribution in [1.29, 1.82) is 0 Å². The van der Waals surface area contributed by atoms with E-state index in [-0.39, 0.29) is 11.9 Å². The van der Waals surface area contributed by atoms with Crippen LogP contribution in [0.4, 0.5) is 0 Å². The monoisotopic (exact) mass is 311 g/mol. The molecule has 1 unspecified atom stereocenters. The molecule has 1 aromatic heterocycles. The van der Waals surface area contributed by atoms with E-state index in [0.717, 1.165) is 22.6 Å². The van der Waals surface area contributed by atoms with Gasteiger partial charge in [0, 0.05) is 23.4 Å². The molecule has 1 aromatic carbocycles. The molecule has 0 bridgehead atoms. The Morgan fingerprint density at radius 1 is 1.17 bits per heavy atom. The Hall–Kier alpha value is -2.36. The van der Waals surface area contributed by atoms with Crippen LogP contribution in [0, 0.1) is 19.8 Å². The number of carbonyl (C=O) groups excluding carboxylic acids is 1. The fourth-order valence-electron chi connectivity index (χ4n) is 2.31. The smallest absolute Gasteiger partial charge is 0.244 e. The largest absolute Gasteiger partial charge is 0.350 e. The van der Waals surface area contributed by atoms with Crippen molar-refractivity contribution in [1.82, 2.24) is 15.1 Å². The van der Waals surface area contributed by atoms with E-state index in [2.05, 4.69) is 24.3 Å². The molecule has 0 fully saturated rings. The van der Waals surface area contributed by atoms with E-state index in [0.29, 0.717) is 5.92 Å². The molecule has 1 heterocycles. The lowest BCUT2D eigenvalue weighted by molar-refractivity contribution is -0.117. The Morgan fingerprint density at radius 2 is 1.83 bits per heavy atom. The summed E-state index contributed by atoms with van der Waals surface area (Å²) in [6.45, 7) is 10.2. The first kappa shape index (κ1) is 17.0. The highest BCUT2D eigenvalue weighted by molar-refractivity contribution is 5.92. The van der Waals surface area contributed by atoms with Crippen molar-refractivity contribution in [3.05, 3.63) is 53.4 Å². The number of amides is 1. The molecule has 4 heteroatoms. The van der Waals surface area contributed by atoms with Crippen molar-refractivity contribution in [3.8, 4) is 5.69 Å². The van der Waals surface area contributed by atoms with Gasteiger partial charge in [0.15, 0.2) is 0 Å². The van der Waals surface area contributed by atoms with Gasteiger partial charge in [0.05, 0.1) is 11.4 Å². The summed E-state index contributed by atoms with van der Waals surface area (Å²) < 4.78 is 1.91. The number of nitrogens with one attached hydrogen (secondary N) is 1. The molecule has 23 heavy (non-hydrogen) atoms. The molecule has 1 N–H and O–H groups in total. The SMILES string of the molecule is Cc1nn(-c2ccccc2)c(C)c1/C=C/C(=O)NC(C)C(C)C. The summed E-state index contributed by atoms with van der Waals surface area (Å²) in [4.78, 5) is 12.0. The maximum atomic E-state index is 12.0. The van der Waals surface area contributed by atoms with Crippen molar-refractivity contribution in [2.24, 2.45) is 5.92 Å². The van der Waals surface area contributed by atoms with Gasteiger partial charge in [0.25, 0.3) is 0 Å². The summed E-state index contributed by atoms with van der Waals surface area (Å²) in [7, 11) is 0. The highest BCUT2D eigenvalue weighted by Gasteiger charge is 2.12. The third kappa shape index (κ3) is 4.09. The number of rotatable bonds is 5. The Kier molecular flexibility index (Phi) is 5.37. The standard InChI is InChI=1S/C19H25N3O/c1-13(2)14(3)20-19(23)12-11-18-15(4)21-22(16(18)5)17-9-7-6-8-10-17/h6-14H,1-5H3,(H,20,23)/b12-11+. The van der Waals surface area contributed by atoms with Gasteiger partial charge in [-0.05, 0) is 44.9 Å². The number of hydrogen-bond acceptors (Lipinski definition) is 2. The Balaban J connectivity index is 2.20. The van der Waals surface area contributed by atoms with Gasteiger partial charge in [-0.2, -0.15) is 5.10 Å². The Labute approximate surface area is 138 Å². The quantitative estimate of drug-likeness (QED) is 0.857. The fraction of sp³-hybridized carbons (Fsp3) is 0.368. The number of aromatic nitrogens is 2. The molecule has 1 atom stereocenters. The number of nitrogens with zero attached hydrogens (tertiary/aromatic N) is 2. The molecule has 4 nitrogen and oxygen atoms in total. The maximum Gasteiger partial charge on any atom is 0.244 e. The molecule has 0 radical (unpaired) electrons. The number of carbonyl (C=O) groups is 1. The molecular weight excluding hydrogens is 286 g/mol. The Morgan fingerprint density at radius 3 is 2.43 bits per heavy atom. The zero-order valence-corrected chi connectivity index (χ0v) is 14.5. The highest BCUT2D eigenvalue weighted by Crippen LogP contribution is 2.19. The first-order valence-corrected chi connectivity index (χ1v) is 8.00. The van der Waals surface area contributed by atoms with E-state index in [1.807, 2.05) is 61.9 Å². The van der Waals surface area contributed by atoms with Gasteiger partial charge in [0.1, 0.15) is 0 Å². The molecule has 0 aliphatic heterocycles. The molecule has 0 aliphatic rings. The lowest BCUT2D eigenvalue weighted by Gasteiger charge is -2.15. The topological polar surface area (TPSA) is 46.9 Å². The average molecular weight is 311 g/mol. The normalized spacial score (nSPS) is 12.8. The second-order valence-electron chi connectivity index (χ2n) is 6.21. The van der Waals surface area contributed by atoms with Gasteiger partial charge in [-0.15, -0.1) is 0 Å². The second kappa shape index (κ2) is 7.27. The lowest BCUT2D eigenvalue weighted by Crippen LogP contribution is -2.34. The summed E-state index contributed by atoms with van der Waals surface area (Å²) in [6, 6.07) is 10.1. The summed E-state index contributed by atoms with van der Waals surface area (Å²) >= 11 is 0. The molecule has 1 amide bonds. The average Bonchev–Trinajstić information content (AvgIpc) is 2.80. The zero-order chi connectivity index (χ0) is 17.0. The van der Waals surface area contributed by atoms with Crippen molar-refractivity contribution < 1.29 is 4.79 Å². The third-order valence-electron chi connectivity index (χ3n) is 4.12. The Bertz CT molecular complexity index is 699.